The number of halogens is 1. The van der Waals surface area contributed by atoms with Crippen molar-refractivity contribution in [3.63, 3.8) is 0 Å². The smallest absolute Gasteiger partial charge is 0.131 e. The fourth-order valence-corrected chi connectivity index (χ4v) is 1.74. The summed E-state index contributed by atoms with van der Waals surface area (Å²) in [6.07, 6.45) is 0. The van der Waals surface area contributed by atoms with Crippen LogP contribution >= 0.6 is 11.6 Å². The Morgan fingerprint density at radius 2 is 1.88 bits per heavy atom. The van der Waals surface area contributed by atoms with Gasteiger partial charge in [-0.05, 0) is 30.7 Å². The van der Waals surface area contributed by atoms with E-state index in [0.29, 0.717) is 11.6 Å². The maximum absolute atomic E-state index is 5.95. The predicted molar refractivity (Wildman–Crippen MR) is 70.6 cm³/mol. The maximum Gasteiger partial charge on any atom is 0.131 e. The van der Waals surface area contributed by atoms with E-state index in [1.165, 1.54) is 0 Å². The van der Waals surface area contributed by atoms with E-state index < -0.39 is 0 Å². The summed E-state index contributed by atoms with van der Waals surface area (Å²) in [7, 11) is 0. The fraction of sp³-hybridized carbons (Fsp3) is 0.143. The number of ether oxygens (including phenoxy) is 1. The van der Waals surface area contributed by atoms with Crippen LogP contribution in [0.1, 0.15) is 11.1 Å². The van der Waals surface area contributed by atoms with Gasteiger partial charge < -0.3 is 10.5 Å². The minimum Gasteiger partial charge on any atom is -0.457 e. The topological polar surface area (TPSA) is 35.2 Å². The van der Waals surface area contributed by atoms with Gasteiger partial charge in [-0.1, -0.05) is 35.9 Å². The van der Waals surface area contributed by atoms with E-state index in [2.05, 4.69) is 0 Å². The molecule has 0 aromatic heterocycles. The van der Waals surface area contributed by atoms with E-state index in [-0.39, 0.29) is 0 Å². The number of hydrogen-bond acceptors (Lipinski definition) is 2. The molecule has 0 aliphatic heterocycles. The highest BCUT2D eigenvalue weighted by molar-refractivity contribution is 6.30. The Morgan fingerprint density at radius 1 is 1.12 bits per heavy atom. The van der Waals surface area contributed by atoms with Crippen molar-refractivity contribution in [2.45, 2.75) is 13.5 Å². The van der Waals surface area contributed by atoms with E-state index in [0.717, 1.165) is 22.6 Å². The van der Waals surface area contributed by atoms with Crippen LogP contribution in [0.3, 0.4) is 0 Å². The molecule has 0 bridgehead atoms. The van der Waals surface area contributed by atoms with E-state index >= 15 is 0 Å². The van der Waals surface area contributed by atoms with Gasteiger partial charge in [-0.15, -0.1) is 0 Å². The first-order valence-electron chi connectivity index (χ1n) is 5.42. The van der Waals surface area contributed by atoms with Crippen molar-refractivity contribution >= 4 is 11.6 Å². The van der Waals surface area contributed by atoms with E-state index in [1.807, 2.05) is 49.4 Å². The van der Waals surface area contributed by atoms with Crippen LogP contribution in [-0.4, -0.2) is 0 Å². The molecule has 0 aliphatic carbocycles. The number of nitrogens with two attached hydrogens (primary N) is 1. The van der Waals surface area contributed by atoms with Gasteiger partial charge >= 0.3 is 0 Å². The van der Waals surface area contributed by atoms with Crippen molar-refractivity contribution in [3.8, 4) is 11.5 Å². The molecule has 2 rings (SSSR count). The highest BCUT2D eigenvalue weighted by atomic mass is 35.5. The molecule has 88 valence electrons. The molecule has 2 aromatic rings. The molecule has 0 saturated heterocycles. The number of benzene rings is 2. The van der Waals surface area contributed by atoms with Gasteiger partial charge in [0, 0.05) is 17.1 Å². The van der Waals surface area contributed by atoms with Crippen LogP contribution in [0.25, 0.3) is 0 Å². The Kier molecular flexibility index (Phi) is 3.67. The minimum absolute atomic E-state index is 0.454. The van der Waals surface area contributed by atoms with Crippen molar-refractivity contribution < 1.29 is 4.74 Å². The third-order valence-electron chi connectivity index (χ3n) is 2.56. The molecule has 2 nitrogen and oxygen atoms in total. The van der Waals surface area contributed by atoms with Crippen LogP contribution in [0.15, 0.2) is 42.5 Å². The van der Waals surface area contributed by atoms with Crippen LogP contribution in [-0.2, 0) is 6.54 Å². The molecule has 0 spiro atoms. The lowest BCUT2D eigenvalue weighted by molar-refractivity contribution is 0.473. The average molecular weight is 248 g/mol. The van der Waals surface area contributed by atoms with E-state index in [1.54, 1.807) is 0 Å². The molecule has 0 atom stereocenters. The van der Waals surface area contributed by atoms with Gasteiger partial charge in [-0.25, -0.2) is 0 Å². The highest BCUT2D eigenvalue weighted by Gasteiger charge is 2.05. The summed E-state index contributed by atoms with van der Waals surface area (Å²) in [5.41, 5.74) is 7.69. The number of aryl methyl sites for hydroxylation is 1. The molecule has 0 amide bonds. The van der Waals surface area contributed by atoms with Crippen LogP contribution < -0.4 is 10.5 Å². The second-order valence-electron chi connectivity index (χ2n) is 3.82. The van der Waals surface area contributed by atoms with Crippen LogP contribution in [0.2, 0.25) is 5.02 Å². The average Bonchev–Trinajstić information content (AvgIpc) is 2.34. The normalized spacial score (nSPS) is 10.3. The second kappa shape index (κ2) is 5.21. The lowest BCUT2D eigenvalue weighted by atomic mass is 10.2. The molecule has 0 heterocycles. The van der Waals surface area contributed by atoms with Crippen LogP contribution in [0, 0.1) is 6.92 Å². The summed E-state index contributed by atoms with van der Waals surface area (Å²) < 4.78 is 5.85. The van der Waals surface area contributed by atoms with Gasteiger partial charge in [0.15, 0.2) is 0 Å². The first-order valence-corrected chi connectivity index (χ1v) is 5.80. The van der Waals surface area contributed by atoms with Crippen molar-refractivity contribution in [2.75, 3.05) is 0 Å². The first-order chi connectivity index (χ1) is 8.20. The van der Waals surface area contributed by atoms with Gasteiger partial charge in [0.25, 0.3) is 0 Å². The zero-order valence-corrected chi connectivity index (χ0v) is 10.4. The molecule has 2 aromatic carbocycles. The molecule has 0 saturated carbocycles. The molecule has 3 heteroatoms. The van der Waals surface area contributed by atoms with Crippen molar-refractivity contribution in [2.24, 2.45) is 5.73 Å². The summed E-state index contributed by atoms with van der Waals surface area (Å²) >= 11 is 5.95. The predicted octanol–water partition coefficient (Wildman–Crippen LogP) is 3.90. The second-order valence-corrected chi connectivity index (χ2v) is 4.26. The molecule has 0 aliphatic rings. The summed E-state index contributed by atoms with van der Waals surface area (Å²) in [4.78, 5) is 0. The van der Waals surface area contributed by atoms with Crippen molar-refractivity contribution in [1.82, 2.24) is 0 Å². The molecule has 0 unspecified atom stereocenters. The Labute approximate surface area is 106 Å². The molecular weight excluding hydrogens is 234 g/mol. The van der Waals surface area contributed by atoms with Gasteiger partial charge in [0.2, 0.25) is 0 Å². The summed E-state index contributed by atoms with van der Waals surface area (Å²) in [6, 6.07) is 13.3. The number of rotatable bonds is 3. The first kappa shape index (κ1) is 12.0. The molecule has 2 N–H and O–H groups in total. The fourth-order valence-electron chi connectivity index (χ4n) is 1.57. The Balaban J connectivity index is 2.34. The SMILES string of the molecule is Cc1ccc(Cl)cc1Oc1ccccc1CN. The molecule has 17 heavy (non-hydrogen) atoms. The van der Waals surface area contributed by atoms with Gasteiger partial charge in [0.05, 0.1) is 0 Å². The van der Waals surface area contributed by atoms with Gasteiger partial charge in [-0.2, -0.15) is 0 Å². The lowest BCUT2D eigenvalue weighted by Crippen LogP contribution is -1.99. The third-order valence-corrected chi connectivity index (χ3v) is 2.80. The van der Waals surface area contributed by atoms with E-state index in [4.69, 9.17) is 22.1 Å². The quantitative estimate of drug-likeness (QED) is 0.893. The van der Waals surface area contributed by atoms with Gasteiger partial charge in [0.1, 0.15) is 11.5 Å². The molecule has 0 fully saturated rings. The summed E-state index contributed by atoms with van der Waals surface area (Å²) in [5.74, 6) is 1.54. The number of hydrogen-bond donors (Lipinski definition) is 1. The monoisotopic (exact) mass is 247 g/mol. The molecular formula is C14H14ClNO. The molecule has 0 radical (unpaired) electrons. The summed E-state index contributed by atoms with van der Waals surface area (Å²) in [6.45, 7) is 2.44. The minimum atomic E-state index is 0.454. The Morgan fingerprint density at radius 3 is 2.65 bits per heavy atom. The zero-order valence-electron chi connectivity index (χ0n) is 9.61. The third kappa shape index (κ3) is 2.78. The standard InChI is InChI=1S/C14H14ClNO/c1-10-6-7-12(15)8-14(10)17-13-5-3-2-4-11(13)9-16/h2-8H,9,16H2,1H3. The van der Waals surface area contributed by atoms with Crippen LogP contribution in [0.4, 0.5) is 0 Å². The van der Waals surface area contributed by atoms with E-state index in [9.17, 15) is 0 Å². The van der Waals surface area contributed by atoms with Crippen molar-refractivity contribution in [3.05, 3.63) is 58.6 Å². The Hall–Kier alpha value is -1.51. The van der Waals surface area contributed by atoms with Gasteiger partial charge in [-0.3, -0.25) is 0 Å². The lowest BCUT2D eigenvalue weighted by Gasteiger charge is -2.12. The number of para-hydroxylation sites is 1. The zero-order chi connectivity index (χ0) is 12.3. The van der Waals surface area contributed by atoms with Crippen LogP contribution in [0.5, 0.6) is 11.5 Å². The highest BCUT2D eigenvalue weighted by Crippen LogP contribution is 2.29. The maximum atomic E-state index is 5.95. The summed E-state index contributed by atoms with van der Waals surface area (Å²) in [5, 5.41) is 0.663. The Bertz CT molecular complexity index is 525. The largest absolute Gasteiger partial charge is 0.457 e. The van der Waals surface area contributed by atoms with Crippen molar-refractivity contribution in [1.29, 1.82) is 0 Å².